The summed E-state index contributed by atoms with van der Waals surface area (Å²) < 4.78 is 10.4. The molecule has 0 aromatic heterocycles. The number of ether oxygens (including phenoxy) is 2. The largest absolute Gasteiger partial charge is 0.493 e. The molecule has 2 unspecified atom stereocenters. The van der Waals surface area contributed by atoms with Gasteiger partial charge in [-0.05, 0) is 36.8 Å². The van der Waals surface area contributed by atoms with Crippen molar-refractivity contribution >= 4 is 17.6 Å². The molecular formula is C16H19NO5. The van der Waals surface area contributed by atoms with E-state index in [0.29, 0.717) is 23.3 Å². The molecule has 3 rings (SSSR count). The molecule has 2 saturated carbocycles. The molecule has 6 heteroatoms. The Kier molecular flexibility index (Phi) is 3.68. The smallest absolute Gasteiger partial charge is 0.335 e. The van der Waals surface area contributed by atoms with Crippen LogP contribution in [0.5, 0.6) is 11.5 Å². The number of carbonyl (C=O) groups excluding carboxylic acids is 1. The van der Waals surface area contributed by atoms with Crippen LogP contribution >= 0.6 is 0 Å². The number of carbonyl (C=O) groups is 2. The summed E-state index contributed by atoms with van der Waals surface area (Å²) in [5, 5.41) is 12.0. The van der Waals surface area contributed by atoms with Crippen molar-refractivity contribution in [3.63, 3.8) is 0 Å². The topological polar surface area (TPSA) is 84.9 Å². The van der Waals surface area contributed by atoms with Crippen LogP contribution in [0.1, 0.15) is 29.6 Å². The monoisotopic (exact) mass is 305 g/mol. The molecule has 2 aliphatic rings. The fourth-order valence-corrected chi connectivity index (χ4v) is 3.61. The molecule has 0 radical (unpaired) electrons. The number of nitrogens with one attached hydrogen (secondary N) is 1. The third-order valence-electron chi connectivity index (χ3n) is 4.69. The van der Waals surface area contributed by atoms with Crippen molar-refractivity contribution in [2.45, 2.75) is 19.3 Å². The van der Waals surface area contributed by atoms with Crippen LogP contribution in [0.2, 0.25) is 0 Å². The molecule has 0 spiro atoms. The van der Waals surface area contributed by atoms with Gasteiger partial charge in [-0.25, -0.2) is 4.79 Å². The molecule has 0 saturated heterocycles. The van der Waals surface area contributed by atoms with E-state index < -0.39 is 5.97 Å². The maximum atomic E-state index is 12.4. The van der Waals surface area contributed by atoms with Gasteiger partial charge in [0.05, 0.1) is 25.5 Å². The van der Waals surface area contributed by atoms with E-state index in [-0.39, 0.29) is 23.1 Å². The van der Waals surface area contributed by atoms with Crippen molar-refractivity contribution in [1.29, 1.82) is 0 Å². The zero-order valence-electron chi connectivity index (χ0n) is 12.6. The Morgan fingerprint density at radius 2 is 1.86 bits per heavy atom. The summed E-state index contributed by atoms with van der Waals surface area (Å²) >= 11 is 0. The van der Waals surface area contributed by atoms with Crippen LogP contribution in [0, 0.1) is 17.8 Å². The summed E-state index contributed by atoms with van der Waals surface area (Å²) in [5.41, 5.74) is 0.387. The molecule has 1 amide bonds. The second-order valence-electron chi connectivity index (χ2n) is 5.84. The van der Waals surface area contributed by atoms with Crippen molar-refractivity contribution in [2.24, 2.45) is 17.8 Å². The van der Waals surface area contributed by atoms with Crippen molar-refractivity contribution in [3.8, 4) is 11.5 Å². The Balaban J connectivity index is 1.86. The van der Waals surface area contributed by atoms with Gasteiger partial charge in [-0.3, -0.25) is 4.79 Å². The zero-order valence-corrected chi connectivity index (χ0v) is 12.6. The molecule has 2 fully saturated rings. The number of anilines is 1. The molecule has 6 nitrogen and oxygen atoms in total. The number of fused-ring (bicyclic) bond motifs is 1. The molecule has 2 N–H and O–H groups in total. The van der Waals surface area contributed by atoms with Crippen molar-refractivity contribution in [1.82, 2.24) is 0 Å². The minimum Gasteiger partial charge on any atom is -0.493 e. The first-order valence-corrected chi connectivity index (χ1v) is 7.37. The number of carboxylic acids is 1. The summed E-state index contributed by atoms with van der Waals surface area (Å²) in [6.45, 7) is 0. The van der Waals surface area contributed by atoms with E-state index >= 15 is 0 Å². The van der Waals surface area contributed by atoms with E-state index in [1.807, 2.05) is 0 Å². The zero-order chi connectivity index (χ0) is 15.9. The summed E-state index contributed by atoms with van der Waals surface area (Å²) in [6, 6.07) is 2.78. The van der Waals surface area contributed by atoms with Gasteiger partial charge in [0.25, 0.3) is 0 Å². The van der Waals surface area contributed by atoms with Crippen LogP contribution in [0.25, 0.3) is 0 Å². The third kappa shape index (κ3) is 2.38. The van der Waals surface area contributed by atoms with E-state index in [2.05, 4.69) is 5.32 Å². The fourth-order valence-electron chi connectivity index (χ4n) is 3.61. The second-order valence-corrected chi connectivity index (χ2v) is 5.84. The average Bonchev–Trinajstić information content (AvgIpc) is 2.99. The van der Waals surface area contributed by atoms with Gasteiger partial charge < -0.3 is 19.9 Å². The standard InChI is InChI=1S/C16H19NO5/c1-21-12-7-8(16(19)20)6-11(14(12)22-2)17-15(18)13-9-4-3-5-10(9)13/h6-7,9-10,13H,3-5H2,1-2H3,(H,17,18)(H,19,20). The molecule has 0 aliphatic heterocycles. The number of amides is 1. The fraction of sp³-hybridized carbons (Fsp3) is 0.500. The molecule has 1 aromatic rings. The Morgan fingerprint density at radius 1 is 1.18 bits per heavy atom. The molecule has 0 heterocycles. The highest BCUT2D eigenvalue weighted by Crippen LogP contribution is 2.58. The normalized spacial score (nSPS) is 25.3. The first-order valence-electron chi connectivity index (χ1n) is 7.37. The lowest BCUT2D eigenvalue weighted by Gasteiger charge is -2.15. The Labute approximate surface area is 128 Å². The maximum Gasteiger partial charge on any atom is 0.335 e. The average molecular weight is 305 g/mol. The molecule has 118 valence electrons. The lowest BCUT2D eigenvalue weighted by atomic mass is 10.1. The van der Waals surface area contributed by atoms with Gasteiger partial charge in [-0.15, -0.1) is 0 Å². The van der Waals surface area contributed by atoms with Crippen molar-refractivity contribution in [3.05, 3.63) is 17.7 Å². The highest BCUT2D eigenvalue weighted by atomic mass is 16.5. The number of aromatic carboxylic acids is 1. The Bertz CT molecular complexity index is 617. The van der Waals surface area contributed by atoms with E-state index in [1.165, 1.54) is 32.8 Å². The molecule has 1 aromatic carbocycles. The number of methoxy groups -OCH3 is 2. The van der Waals surface area contributed by atoms with Gasteiger partial charge in [0, 0.05) is 5.92 Å². The minimum absolute atomic E-state index is 0.0453. The quantitative estimate of drug-likeness (QED) is 0.872. The second kappa shape index (κ2) is 5.51. The van der Waals surface area contributed by atoms with Crippen LogP contribution in [0.15, 0.2) is 12.1 Å². The van der Waals surface area contributed by atoms with Gasteiger partial charge in [0.1, 0.15) is 0 Å². The summed E-state index contributed by atoms with van der Waals surface area (Å²) in [4.78, 5) is 23.6. The number of hydrogen-bond donors (Lipinski definition) is 2. The first kappa shape index (κ1) is 14.7. The SMILES string of the molecule is COc1cc(C(=O)O)cc(NC(=O)C2C3CCCC32)c1OC. The maximum absolute atomic E-state index is 12.4. The first-order chi connectivity index (χ1) is 10.6. The number of rotatable bonds is 5. The van der Waals surface area contributed by atoms with E-state index in [1.54, 1.807) is 0 Å². The summed E-state index contributed by atoms with van der Waals surface area (Å²) in [6.07, 6.45) is 3.42. The molecule has 0 bridgehead atoms. The summed E-state index contributed by atoms with van der Waals surface area (Å²) in [7, 11) is 2.89. The minimum atomic E-state index is -1.08. The molecule has 22 heavy (non-hydrogen) atoms. The van der Waals surface area contributed by atoms with Gasteiger partial charge in [-0.2, -0.15) is 0 Å². The van der Waals surface area contributed by atoms with E-state index in [0.717, 1.165) is 12.8 Å². The van der Waals surface area contributed by atoms with Gasteiger partial charge >= 0.3 is 5.97 Å². The van der Waals surface area contributed by atoms with Crippen molar-refractivity contribution in [2.75, 3.05) is 19.5 Å². The van der Waals surface area contributed by atoms with Crippen molar-refractivity contribution < 1.29 is 24.2 Å². The predicted molar refractivity (Wildman–Crippen MR) is 79.5 cm³/mol. The van der Waals surface area contributed by atoms with E-state index in [4.69, 9.17) is 9.47 Å². The van der Waals surface area contributed by atoms with Gasteiger partial charge in [-0.1, -0.05) is 6.42 Å². The van der Waals surface area contributed by atoms with Crippen LogP contribution in [-0.2, 0) is 4.79 Å². The number of benzene rings is 1. The van der Waals surface area contributed by atoms with Crippen LogP contribution in [0.4, 0.5) is 5.69 Å². The van der Waals surface area contributed by atoms with Crippen LogP contribution in [-0.4, -0.2) is 31.2 Å². The highest BCUT2D eigenvalue weighted by Gasteiger charge is 2.56. The van der Waals surface area contributed by atoms with E-state index in [9.17, 15) is 14.7 Å². The lowest BCUT2D eigenvalue weighted by molar-refractivity contribution is -0.118. The number of carboxylic acid groups (broad SMARTS) is 1. The third-order valence-corrected chi connectivity index (χ3v) is 4.69. The molecule has 2 aliphatic carbocycles. The van der Waals surface area contributed by atoms with Crippen LogP contribution in [0.3, 0.4) is 0 Å². The van der Waals surface area contributed by atoms with Gasteiger partial charge in [0.15, 0.2) is 11.5 Å². The molecular weight excluding hydrogens is 286 g/mol. The Morgan fingerprint density at radius 3 is 2.41 bits per heavy atom. The summed E-state index contributed by atoms with van der Waals surface area (Å²) in [5.74, 6) is 0.529. The predicted octanol–water partition coefficient (Wildman–Crippen LogP) is 2.39. The lowest BCUT2D eigenvalue weighted by Crippen LogP contribution is -2.17. The van der Waals surface area contributed by atoms with Crippen LogP contribution < -0.4 is 14.8 Å². The number of hydrogen-bond acceptors (Lipinski definition) is 4. The Hall–Kier alpha value is -2.24. The molecule has 2 atom stereocenters. The highest BCUT2D eigenvalue weighted by molar-refractivity contribution is 5.99. The van der Waals surface area contributed by atoms with Gasteiger partial charge in [0.2, 0.25) is 5.91 Å².